The number of ether oxygens (including phenoxy) is 1. The minimum Gasteiger partial charge on any atom is -0.488 e. The van der Waals surface area contributed by atoms with Gasteiger partial charge in [0.15, 0.2) is 0 Å². The van der Waals surface area contributed by atoms with Crippen LogP contribution in [0.4, 0.5) is 0 Å². The first-order chi connectivity index (χ1) is 14.5. The van der Waals surface area contributed by atoms with Crippen molar-refractivity contribution in [3.8, 4) is 5.75 Å². The molecule has 3 rings (SSSR count). The van der Waals surface area contributed by atoms with Crippen molar-refractivity contribution in [2.75, 3.05) is 6.54 Å². The third-order valence-corrected chi connectivity index (χ3v) is 5.44. The molecule has 3 aromatic carbocycles. The van der Waals surface area contributed by atoms with Crippen molar-refractivity contribution in [3.05, 3.63) is 96.1 Å². The highest BCUT2D eigenvalue weighted by Gasteiger charge is 2.14. The summed E-state index contributed by atoms with van der Waals surface area (Å²) in [5.41, 5.74) is 4.01. The Morgan fingerprint density at radius 3 is 2.27 bits per heavy atom. The molecule has 0 saturated heterocycles. The Kier molecular flexibility index (Phi) is 7.31. The number of carbonyl (C=O) groups is 1. The molecule has 1 amide bonds. The molecule has 0 fully saturated rings. The molecule has 0 heterocycles. The first kappa shape index (κ1) is 21.2. The molecule has 154 valence electrons. The van der Waals surface area contributed by atoms with E-state index in [4.69, 9.17) is 4.74 Å². The van der Waals surface area contributed by atoms with Gasteiger partial charge in [0, 0.05) is 5.56 Å². The van der Waals surface area contributed by atoms with Crippen molar-refractivity contribution in [1.29, 1.82) is 0 Å². The van der Waals surface area contributed by atoms with Crippen LogP contribution in [0, 0.1) is 0 Å². The fourth-order valence-electron chi connectivity index (χ4n) is 2.51. The normalized spacial score (nSPS) is 11.3. The summed E-state index contributed by atoms with van der Waals surface area (Å²) in [5, 5.41) is 3.89. The van der Waals surface area contributed by atoms with Crippen LogP contribution in [0.5, 0.6) is 5.75 Å². The number of hydrogen-bond acceptors (Lipinski definition) is 5. The molecule has 0 saturated carbocycles. The summed E-state index contributed by atoms with van der Waals surface area (Å²) in [6.45, 7) is -0.0277. The maximum atomic E-state index is 12.1. The molecule has 0 unspecified atom stereocenters. The van der Waals surface area contributed by atoms with Gasteiger partial charge in [-0.15, -0.1) is 0 Å². The van der Waals surface area contributed by atoms with Crippen molar-refractivity contribution in [2.45, 2.75) is 11.5 Å². The Morgan fingerprint density at radius 1 is 0.900 bits per heavy atom. The molecule has 30 heavy (non-hydrogen) atoms. The molecule has 0 aliphatic heterocycles. The predicted octanol–water partition coefficient (Wildman–Crippen LogP) is 2.69. The van der Waals surface area contributed by atoms with Crippen LogP contribution in [0.25, 0.3) is 0 Å². The molecule has 0 atom stereocenters. The van der Waals surface area contributed by atoms with Gasteiger partial charge >= 0.3 is 0 Å². The second-order valence-electron chi connectivity index (χ2n) is 6.24. The van der Waals surface area contributed by atoms with Gasteiger partial charge in [0.1, 0.15) is 12.4 Å². The van der Waals surface area contributed by atoms with E-state index < -0.39 is 22.5 Å². The van der Waals surface area contributed by atoms with Crippen molar-refractivity contribution in [3.63, 3.8) is 0 Å². The summed E-state index contributed by atoms with van der Waals surface area (Å²) in [4.78, 5) is 12.0. The Morgan fingerprint density at radius 2 is 1.53 bits per heavy atom. The van der Waals surface area contributed by atoms with Crippen LogP contribution in [-0.4, -0.2) is 27.1 Å². The van der Waals surface area contributed by atoms with Gasteiger partial charge in [-0.25, -0.2) is 18.6 Å². The summed E-state index contributed by atoms with van der Waals surface area (Å²) in [5.74, 6) is 0.0255. The number of amides is 1. The van der Waals surface area contributed by atoms with Gasteiger partial charge in [-0.1, -0.05) is 60.7 Å². The number of sulfonamides is 1. The van der Waals surface area contributed by atoms with E-state index in [1.165, 1.54) is 18.3 Å². The van der Waals surface area contributed by atoms with Crippen LogP contribution >= 0.6 is 0 Å². The fraction of sp³-hybridized carbons (Fsp3) is 0.0909. The van der Waals surface area contributed by atoms with Crippen LogP contribution in [0.2, 0.25) is 0 Å². The van der Waals surface area contributed by atoms with Gasteiger partial charge in [0.05, 0.1) is 17.7 Å². The van der Waals surface area contributed by atoms with E-state index in [0.717, 1.165) is 5.56 Å². The third-order valence-electron chi connectivity index (χ3n) is 4.03. The van der Waals surface area contributed by atoms with Crippen LogP contribution in [0.3, 0.4) is 0 Å². The number of hydrogen-bond donors (Lipinski definition) is 2. The fourth-order valence-corrected chi connectivity index (χ4v) is 3.51. The van der Waals surface area contributed by atoms with E-state index in [1.807, 2.05) is 42.5 Å². The van der Waals surface area contributed by atoms with Crippen LogP contribution < -0.4 is 14.9 Å². The Balaban J connectivity index is 1.53. The van der Waals surface area contributed by atoms with Crippen molar-refractivity contribution < 1.29 is 17.9 Å². The molecule has 0 aliphatic carbocycles. The van der Waals surface area contributed by atoms with Crippen molar-refractivity contribution in [1.82, 2.24) is 10.1 Å². The zero-order chi connectivity index (χ0) is 21.2. The maximum Gasteiger partial charge on any atom is 0.255 e. The van der Waals surface area contributed by atoms with Gasteiger partial charge in [-0.05, 0) is 29.8 Å². The number of nitrogens with zero attached hydrogens (tertiary/aromatic N) is 1. The minimum atomic E-state index is -3.76. The Hall–Kier alpha value is -3.49. The number of rotatable bonds is 9. The van der Waals surface area contributed by atoms with Crippen LogP contribution in [0.15, 0.2) is 94.9 Å². The second kappa shape index (κ2) is 10.3. The summed E-state index contributed by atoms with van der Waals surface area (Å²) in [6, 6.07) is 24.8. The Labute approximate surface area is 175 Å². The smallest absolute Gasteiger partial charge is 0.255 e. The number of para-hydroxylation sites is 1. The average molecular weight is 423 g/mol. The molecule has 0 aliphatic rings. The predicted molar refractivity (Wildman–Crippen MR) is 115 cm³/mol. The average Bonchev–Trinajstić information content (AvgIpc) is 2.78. The molecule has 0 aromatic heterocycles. The monoisotopic (exact) mass is 423 g/mol. The lowest BCUT2D eigenvalue weighted by Gasteiger charge is -2.09. The minimum absolute atomic E-state index is 0.0887. The standard InChI is InChI=1S/C22H21N3O4S/c26-22(16-24-30(27,28)20-12-5-2-6-13-20)25-23-15-19-11-7-8-14-21(19)29-17-18-9-3-1-4-10-18/h1-15,24H,16-17H2,(H,25,26)/b23-15-. The molecule has 7 nitrogen and oxygen atoms in total. The van der Waals surface area contributed by atoms with E-state index in [1.54, 1.807) is 30.3 Å². The molecule has 2 N–H and O–H groups in total. The zero-order valence-electron chi connectivity index (χ0n) is 16.1. The van der Waals surface area contributed by atoms with Gasteiger partial charge in [-0.3, -0.25) is 4.79 Å². The lowest BCUT2D eigenvalue weighted by molar-refractivity contribution is -0.119. The first-order valence-electron chi connectivity index (χ1n) is 9.17. The number of nitrogens with one attached hydrogen (secondary N) is 2. The van der Waals surface area contributed by atoms with E-state index in [0.29, 0.717) is 17.9 Å². The summed E-state index contributed by atoms with van der Waals surface area (Å²) >= 11 is 0. The molecule has 0 spiro atoms. The second-order valence-corrected chi connectivity index (χ2v) is 8.01. The first-order valence-corrected chi connectivity index (χ1v) is 10.7. The van der Waals surface area contributed by atoms with Crippen molar-refractivity contribution >= 4 is 22.1 Å². The van der Waals surface area contributed by atoms with Crippen molar-refractivity contribution in [2.24, 2.45) is 5.10 Å². The maximum absolute atomic E-state index is 12.1. The molecular formula is C22H21N3O4S. The van der Waals surface area contributed by atoms with Gasteiger partial charge in [0.2, 0.25) is 10.0 Å². The molecule has 0 bridgehead atoms. The van der Waals surface area contributed by atoms with Gasteiger partial charge < -0.3 is 4.74 Å². The lowest BCUT2D eigenvalue weighted by Crippen LogP contribution is -2.34. The largest absolute Gasteiger partial charge is 0.488 e. The Bertz CT molecular complexity index is 1100. The van der Waals surface area contributed by atoms with E-state index >= 15 is 0 Å². The number of carbonyl (C=O) groups excluding carboxylic acids is 1. The number of hydrazone groups is 1. The quantitative estimate of drug-likeness (QED) is 0.408. The summed E-state index contributed by atoms with van der Waals surface area (Å²) < 4.78 is 32.3. The van der Waals surface area contributed by atoms with Gasteiger partial charge in [0.25, 0.3) is 5.91 Å². The third kappa shape index (κ3) is 6.26. The SMILES string of the molecule is O=C(CNS(=O)(=O)c1ccccc1)N/N=C\c1ccccc1OCc1ccccc1. The van der Waals surface area contributed by atoms with Gasteiger partial charge in [-0.2, -0.15) is 5.10 Å². The van der Waals surface area contributed by atoms with E-state index in [9.17, 15) is 13.2 Å². The highest BCUT2D eigenvalue weighted by molar-refractivity contribution is 7.89. The molecular weight excluding hydrogens is 402 g/mol. The lowest BCUT2D eigenvalue weighted by atomic mass is 10.2. The molecule has 8 heteroatoms. The van der Waals surface area contributed by atoms with E-state index in [-0.39, 0.29) is 4.90 Å². The zero-order valence-corrected chi connectivity index (χ0v) is 16.9. The highest BCUT2D eigenvalue weighted by Crippen LogP contribution is 2.17. The van der Waals surface area contributed by atoms with E-state index in [2.05, 4.69) is 15.2 Å². The summed E-state index contributed by atoms with van der Waals surface area (Å²) in [7, 11) is -3.76. The number of benzene rings is 3. The highest BCUT2D eigenvalue weighted by atomic mass is 32.2. The molecule has 0 radical (unpaired) electrons. The van der Waals surface area contributed by atoms with Crippen LogP contribution in [-0.2, 0) is 21.4 Å². The van der Waals surface area contributed by atoms with Crippen LogP contribution in [0.1, 0.15) is 11.1 Å². The topological polar surface area (TPSA) is 96.9 Å². The summed E-state index contributed by atoms with van der Waals surface area (Å²) in [6.07, 6.45) is 1.45. The molecule has 3 aromatic rings.